The van der Waals surface area contributed by atoms with E-state index in [-0.39, 0.29) is 24.5 Å². The molecule has 2 N–H and O–H groups in total. The van der Waals surface area contributed by atoms with Gasteiger partial charge in [0.25, 0.3) is 6.48 Å². The Morgan fingerprint density at radius 1 is 0.742 bits per heavy atom. The van der Waals surface area contributed by atoms with Gasteiger partial charge in [-0.05, 0) is 49.4 Å². The molecule has 0 fully saturated rings. The Hall–Kier alpha value is -1.32. The second kappa shape index (κ2) is 13.3. The van der Waals surface area contributed by atoms with Crippen LogP contribution in [0.25, 0.3) is 0 Å². The fourth-order valence-electron chi connectivity index (χ4n) is 3.48. The normalized spacial score (nSPS) is 13.7. The smallest absolute Gasteiger partial charge is 0.346 e. The Labute approximate surface area is 179 Å². The maximum absolute atomic E-state index is 13.0. The quantitative estimate of drug-likeness (QED) is 0.182. The van der Waals surface area contributed by atoms with E-state index in [0.717, 1.165) is 44.2 Å². The van der Waals surface area contributed by atoms with Gasteiger partial charge in [0.1, 0.15) is 0 Å². The Morgan fingerprint density at radius 3 is 1.71 bits per heavy atom. The second-order valence-electron chi connectivity index (χ2n) is 7.80. The first kappa shape index (κ1) is 27.7. The third-order valence-electron chi connectivity index (χ3n) is 5.08. The van der Waals surface area contributed by atoms with Gasteiger partial charge in [0.15, 0.2) is 0 Å². The molecule has 180 valence electrons. The van der Waals surface area contributed by atoms with Crippen LogP contribution in [0.1, 0.15) is 87.8 Å². The highest BCUT2D eigenvalue weighted by atomic mass is 19.4. The van der Waals surface area contributed by atoms with Crippen molar-refractivity contribution in [2.45, 2.75) is 102 Å². The fourth-order valence-corrected chi connectivity index (χ4v) is 3.48. The van der Waals surface area contributed by atoms with Gasteiger partial charge < -0.3 is 14.9 Å². The van der Waals surface area contributed by atoms with Gasteiger partial charge in [0.05, 0.1) is 17.2 Å². The maximum Gasteiger partial charge on any atom is 0.416 e. The molecule has 0 saturated heterocycles. The zero-order valence-corrected chi connectivity index (χ0v) is 17.7. The number of unbranched alkanes of at least 4 members (excludes halogenated alkanes) is 6. The minimum atomic E-state index is -4.88. The minimum Gasteiger partial charge on any atom is -0.346 e. The first-order valence-electron chi connectivity index (χ1n) is 10.7. The van der Waals surface area contributed by atoms with Crippen molar-refractivity contribution in [1.29, 1.82) is 0 Å². The van der Waals surface area contributed by atoms with Crippen LogP contribution >= 0.6 is 0 Å². The van der Waals surface area contributed by atoms with Crippen molar-refractivity contribution in [2.24, 2.45) is 0 Å². The Morgan fingerprint density at radius 2 is 1.23 bits per heavy atom. The summed E-state index contributed by atoms with van der Waals surface area (Å²) in [7, 11) is 0. The van der Waals surface area contributed by atoms with Crippen LogP contribution in [-0.4, -0.2) is 22.8 Å². The summed E-state index contributed by atoms with van der Waals surface area (Å²) < 4.78 is 82.8. The minimum absolute atomic E-state index is 0.00853. The molecule has 0 aliphatic heterocycles. The van der Waals surface area contributed by atoms with Gasteiger partial charge in [0.2, 0.25) is 0 Å². The number of aliphatic hydroxyl groups is 2. The van der Waals surface area contributed by atoms with Crippen LogP contribution in [0.4, 0.5) is 26.3 Å². The molecule has 0 radical (unpaired) electrons. The average Bonchev–Trinajstić information content (AvgIpc) is 2.65. The van der Waals surface area contributed by atoms with Crippen molar-refractivity contribution < 1.29 is 41.3 Å². The summed E-state index contributed by atoms with van der Waals surface area (Å²) in [6.45, 7) is 0.158. The molecule has 1 aromatic carbocycles. The maximum atomic E-state index is 13.0. The van der Waals surface area contributed by atoms with E-state index in [2.05, 4.69) is 6.92 Å². The van der Waals surface area contributed by atoms with Crippen molar-refractivity contribution in [3.05, 3.63) is 34.9 Å². The molecule has 31 heavy (non-hydrogen) atoms. The third-order valence-corrected chi connectivity index (χ3v) is 5.08. The van der Waals surface area contributed by atoms with Gasteiger partial charge >= 0.3 is 12.4 Å². The summed E-state index contributed by atoms with van der Waals surface area (Å²) in [5, 5.41) is 18.1. The molecule has 1 unspecified atom stereocenters. The van der Waals surface area contributed by atoms with E-state index in [1.165, 1.54) is 12.8 Å². The van der Waals surface area contributed by atoms with E-state index in [9.17, 15) is 26.3 Å². The summed E-state index contributed by atoms with van der Waals surface area (Å²) in [5.74, 6) is 0. The van der Waals surface area contributed by atoms with E-state index < -0.39 is 36.1 Å². The van der Waals surface area contributed by atoms with Gasteiger partial charge in [-0.2, -0.15) is 26.3 Å². The van der Waals surface area contributed by atoms with Crippen molar-refractivity contribution in [2.75, 3.05) is 0 Å². The molecule has 0 heterocycles. The van der Waals surface area contributed by atoms with Crippen LogP contribution in [0.2, 0.25) is 0 Å². The largest absolute Gasteiger partial charge is 0.416 e. The zero-order valence-electron chi connectivity index (χ0n) is 17.7. The Bertz CT molecular complexity index is 596. The lowest BCUT2D eigenvalue weighted by molar-refractivity contribution is -0.257. The summed E-state index contributed by atoms with van der Waals surface area (Å²) in [6.07, 6.45) is -1.75. The summed E-state index contributed by atoms with van der Waals surface area (Å²) >= 11 is 0. The molecule has 0 spiro atoms. The summed E-state index contributed by atoms with van der Waals surface area (Å²) in [5.41, 5.74) is -2.74. The van der Waals surface area contributed by atoms with Crippen LogP contribution in [0.3, 0.4) is 0 Å². The standard InChI is InChI=1S/C22H32F6O3/c1-2-3-4-5-6-7-8-11-19(31-20(29)30)12-9-10-16-13-17(21(23,24)25)15-18(14-16)22(26,27)28/h13-15,19-20,29-30H,2-12H2,1H3. The zero-order chi connectivity index (χ0) is 23.5. The number of aliphatic hydroxyl groups excluding tert-OH is 1. The molecule has 0 aliphatic rings. The van der Waals surface area contributed by atoms with E-state index in [0.29, 0.717) is 12.8 Å². The third kappa shape index (κ3) is 11.8. The predicted molar refractivity (Wildman–Crippen MR) is 105 cm³/mol. The van der Waals surface area contributed by atoms with Crippen molar-refractivity contribution in [3.8, 4) is 0 Å². The number of halogens is 6. The number of alkyl halides is 6. The van der Waals surface area contributed by atoms with Gasteiger partial charge in [-0.3, -0.25) is 0 Å². The van der Waals surface area contributed by atoms with Crippen LogP contribution in [0, 0.1) is 0 Å². The Kier molecular flexibility index (Phi) is 11.9. The highest BCUT2D eigenvalue weighted by molar-refractivity contribution is 5.33. The lowest BCUT2D eigenvalue weighted by atomic mass is 9.98. The number of rotatable bonds is 14. The highest BCUT2D eigenvalue weighted by Crippen LogP contribution is 2.36. The molecule has 0 aromatic heterocycles. The summed E-state index contributed by atoms with van der Waals surface area (Å²) in [6, 6.07) is 1.56. The lowest BCUT2D eigenvalue weighted by Gasteiger charge is -2.19. The number of benzene rings is 1. The lowest BCUT2D eigenvalue weighted by Crippen LogP contribution is -2.22. The van der Waals surface area contributed by atoms with Crippen LogP contribution < -0.4 is 0 Å². The molecule has 0 bridgehead atoms. The fraction of sp³-hybridized carbons (Fsp3) is 0.727. The van der Waals surface area contributed by atoms with E-state index in [4.69, 9.17) is 14.9 Å². The summed E-state index contributed by atoms with van der Waals surface area (Å²) in [4.78, 5) is 0. The molecular weight excluding hydrogens is 426 g/mol. The predicted octanol–water partition coefficient (Wildman–Crippen LogP) is 6.84. The molecular formula is C22H32F6O3. The van der Waals surface area contributed by atoms with Gasteiger partial charge in [0, 0.05) is 0 Å². The Balaban J connectivity index is 2.63. The number of hydrogen-bond donors (Lipinski definition) is 2. The molecule has 0 amide bonds. The van der Waals surface area contributed by atoms with Crippen LogP contribution in [0.15, 0.2) is 18.2 Å². The van der Waals surface area contributed by atoms with Gasteiger partial charge in [-0.1, -0.05) is 51.9 Å². The van der Waals surface area contributed by atoms with Gasteiger partial charge in [-0.15, -0.1) is 0 Å². The number of ether oxygens (including phenoxy) is 1. The molecule has 1 rings (SSSR count). The second-order valence-corrected chi connectivity index (χ2v) is 7.80. The van der Waals surface area contributed by atoms with Crippen molar-refractivity contribution in [3.63, 3.8) is 0 Å². The van der Waals surface area contributed by atoms with Crippen molar-refractivity contribution in [1.82, 2.24) is 0 Å². The monoisotopic (exact) mass is 458 g/mol. The first-order valence-corrected chi connectivity index (χ1v) is 10.7. The SMILES string of the molecule is CCCCCCCCCC(CCCc1cc(C(F)(F)F)cc(C(F)(F)F)c1)OC(O)O. The highest BCUT2D eigenvalue weighted by Gasteiger charge is 2.36. The topological polar surface area (TPSA) is 49.7 Å². The number of aryl methyl sites for hydroxylation is 1. The van der Waals surface area contributed by atoms with E-state index in [1.807, 2.05) is 0 Å². The van der Waals surface area contributed by atoms with Crippen molar-refractivity contribution >= 4 is 0 Å². The molecule has 0 aliphatic carbocycles. The molecule has 9 heteroatoms. The average molecular weight is 458 g/mol. The first-order chi connectivity index (χ1) is 14.4. The van der Waals surface area contributed by atoms with Gasteiger partial charge in [-0.25, -0.2) is 0 Å². The molecule has 0 saturated carbocycles. The number of hydrogen-bond acceptors (Lipinski definition) is 3. The van der Waals surface area contributed by atoms with Crippen LogP contribution in [0.5, 0.6) is 0 Å². The van der Waals surface area contributed by atoms with E-state index in [1.54, 1.807) is 0 Å². The van der Waals surface area contributed by atoms with E-state index >= 15 is 0 Å². The molecule has 1 atom stereocenters. The molecule has 3 nitrogen and oxygen atoms in total. The van der Waals surface area contributed by atoms with Crippen LogP contribution in [-0.2, 0) is 23.5 Å². The molecule has 1 aromatic rings.